The summed E-state index contributed by atoms with van der Waals surface area (Å²) < 4.78 is 19.4. The molecule has 1 aliphatic heterocycles. The summed E-state index contributed by atoms with van der Waals surface area (Å²) in [7, 11) is 3.12. The quantitative estimate of drug-likeness (QED) is 0.695. The molecule has 0 saturated carbocycles. The number of nitrogens with zero attached hydrogens (tertiary/aromatic N) is 3. The third-order valence-electron chi connectivity index (χ3n) is 5.29. The minimum atomic E-state index is -0.394. The fraction of sp³-hybridized carbons (Fsp3) is 0.227. The van der Waals surface area contributed by atoms with E-state index in [-0.39, 0.29) is 6.03 Å². The van der Waals surface area contributed by atoms with E-state index in [0.717, 1.165) is 5.57 Å². The van der Waals surface area contributed by atoms with Crippen LogP contribution in [0.15, 0.2) is 36.5 Å². The second kappa shape index (κ2) is 7.87. The molecule has 0 bridgehead atoms. The van der Waals surface area contributed by atoms with Crippen molar-refractivity contribution < 1.29 is 13.9 Å². The molecule has 2 N–H and O–H groups in total. The molecule has 7 nitrogen and oxygen atoms in total. The number of halogens is 1. The zero-order valence-corrected chi connectivity index (χ0v) is 16.6. The maximum absolute atomic E-state index is 14.0. The normalized spacial score (nSPS) is 13.7. The number of carbonyl (C=O) groups is 1. The van der Waals surface area contributed by atoms with E-state index in [4.69, 9.17) is 4.74 Å². The maximum atomic E-state index is 14.0. The average molecular weight is 405 g/mol. The molecule has 2 aromatic heterocycles. The van der Waals surface area contributed by atoms with E-state index in [0.29, 0.717) is 58.7 Å². The first-order valence-corrected chi connectivity index (χ1v) is 9.48. The number of pyridine rings is 1. The van der Waals surface area contributed by atoms with Crippen LogP contribution in [0.5, 0.6) is 5.75 Å². The Morgan fingerprint density at radius 2 is 2.20 bits per heavy atom. The highest BCUT2D eigenvalue weighted by molar-refractivity contribution is 6.01. The molecule has 3 aromatic rings. The molecule has 0 aliphatic carbocycles. The molecule has 2 amide bonds. The van der Waals surface area contributed by atoms with Gasteiger partial charge in [-0.25, -0.2) is 14.2 Å². The number of hydrogen-bond acceptors (Lipinski definition) is 4. The van der Waals surface area contributed by atoms with Gasteiger partial charge in [0.15, 0.2) is 0 Å². The summed E-state index contributed by atoms with van der Waals surface area (Å²) in [6.07, 6.45) is 4.16. The summed E-state index contributed by atoms with van der Waals surface area (Å²) in [4.78, 5) is 21.2. The maximum Gasteiger partial charge on any atom is 0.317 e. The first-order chi connectivity index (χ1) is 14.6. The number of nitrogens with one attached hydrogen (secondary N) is 2. The second-order valence-corrected chi connectivity index (χ2v) is 6.89. The Hall–Kier alpha value is -3.86. The lowest BCUT2D eigenvalue weighted by Gasteiger charge is -2.25. The number of amides is 2. The lowest BCUT2D eigenvalue weighted by Crippen LogP contribution is -2.40. The third-order valence-corrected chi connectivity index (χ3v) is 5.29. The van der Waals surface area contributed by atoms with Crippen LogP contribution in [-0.4, -0.2) is 48.1 Å². The summed E-state index contributed by atoms with van der Waals surface area (Å²) in [5.41, 5.74) is 3.83. The van der Waals surface area contributed by atoms with Gasteiger partial charge in [-0.2, -0.15) is 5.26 Å². The first kappa shape index (κ1) is 19.5. The molecule has 4 rings (SSSR count). The van der Waals surface area contributed by atoms with E-state index in [1.165, 1.54) is 19.2 Å². The van der Waals surface area contributed by atoms with Crippen LogP contribution in [0.4, 0.5) is 9.18 Å². The molecule has 152 valence electrons. The molecule has 3 heterocycles. The number of rotatable bonds is 3. The van der Waals surface area contributed by atoms with Crippen molar-refractivity contribution in [2.75, 3.05) is 27.2 Å². The number of benzene rings is 1. The van der Waals surface area contributed by atoms with Crippen molar-refractivity contribution in [1.82, 2.24) is 20.2 Å². The number of nitriles is 1. The monoisotopic (exact) mass is 405 g/mol. The Labute approximate surface area is 172 Å². The largest absolute Gasteiger partial charge is 0.496 e. The summed E-state index contributed by atoms with van der Waals surface area (Å²) in [5, 5.41) is 13.2. The number of hydrogen-bond donors (Lipinski definition) is 2. The van der Waals surface area contributed by atoms with E-state index in [1.54, 1.807) is 30.3 Å². The summed E-state index contributed by atoms with van der Waals surface area (Å²) in [6.45, 7) is 0.997. The van der Waals surface area contributed by atoms with Gasteiger partial charge in [-0.3, -0.25) is 0 Å². The molecule has 1 aliphatic rings. The lowest BCUT2D eigenvalue weighted by atomic mass is 9.96. The Kier molecular flexibility index (Phi) is 5.11. The van der Waals surface area contributed by atoms with Crippen molar-refractivity contribution in [1.29, 1.82) is 5.26 Å². The molecule has 1 aromatic carbocycles. The van der Waals surface area contributed by atoms with Gasteiger partial charge in [0.1, 0.15) is 23.3 Å². The van der Waals surface area contributed by atoms with E-state index in [1.807, 2.05) is 6.08 Å². The highest BCUT2D eigenvalue weighted by Gasteiger charge is 2.23. The highest BCUT2D eigenvalue weighted by Crippen LogP contribution is 2.39. The molecular weight excluding hydrogens is 385 g/mol. The lowest BCUT2D eigenvalue weighted by molar-refractivity contribution is 0.205. The van der Waals surface area contributed by atoms with Gasteiger partial charge < -0.3 is 19.9 Å². The minimum absolute atomic E-state index is 0.135. The molecule has 0 fully saturated rings. The minimum Gasteiger partial charge on any atom is -0.496 e. The zero-order chi connectivity index (χ0) is 21.3. The second-order valence-electron chi connectivity index (χ2n) is 6.89. The average Bonchev–Trinajstić information content (AvgIpc) is 3.17. The van der Waals surface area contributed by atoms with Crippen LogP contribution in [0.2, 0.25) is 0 Å². The van der Waals surface area contributed by atoms with E-state index >= 15 is 0 Å². The number of aromatic nitrogens is 2. The van der Waals surface area contributed by atoms with Crippen LogP contribution in [0.3, 0.4) is 0 Å². The summed E-state index contributed by atoms with van der Waals surface area (Å²) in [6, 6.07) is 8.19. The first-order valence-electron chi connectivity index (χ1n) is 9.48. The molecule has 30 heavy (non-hydrogen) atoms. The van der Waals surface area contributed by atoms with Gasteiger partial charge in [0, 0.05) is 37.3 Å². The van der Waals surface area contributed by atoms with E-state index in [2.05, 4.69) is 21.4 Å². The fourth-order valence-electron chi connectivity index (χ4n) is 3.82. The van der Waals surface area contributed by atoms with E-state index in [9.17, 15) is 14.4 Å². The van der Waals surface area contributed by atoms with Gasteiger partial charge in [0.2, 0.25) is 0 Å². The van der Waals surface area contributed by atoms with E-state index < -0.39 is 5.82 Å². The Morgan fingerprint density at radius 1 is 1.37 bits per heavy atom. The van der Waals surface area contributed by atoms with Gasteiger partial charge >= 0.3 is 6.03 Å². The fourth-order valence-corrected chi connectivity index (χ4v) is 3.82. The SMILES string of the molecule is CNC(=O)N1CC=C(c2[nH]c3nccc(-c4cc(F)ccc4OC)c3c2C#N)CC1. The van der Waals surface area contributed by atoms with Gasteiger partial charge in [-0.05, 0) is 41.8 Å². The molecule has 0 radical (unpaired) electrons. The van der Waals surface area contributed by atoms with Crippen LogP contribution in [-0.2, 0) is 0 Å². The van der Waals surface area contributed by atoms with Crippen LogP contribution in [0, 0.1) is 17.1 Å². The van der Waals surface area contributed by atoms with Crippen molar-refractivity contribution in [3.05, 3.63) is 53.6 Å². The Balaban J connectivity index is 1.86. The van der Waals surface area contributed by atoms with Crippen LogP contribution in [0.25, 0.3) is 27.7 Å². The van der Waals surface area contributed by atoms with Gasteiger partial charge in [0.05, 0.1) is 18.4 Å². The topological polar surface area (TPSA) is 94.0 Å². The third kappa shape index (κ3) is 3.24. The number of H-pyrrole nitrogens is 1. The van der Waals surface area contributed by atoms with Gasteiger partial charge in [0.25, 0.3) is 0 Å². The molecule has 0 spiro atoms. The van der Waals surface area contributed by atoms with Crippen LogP contribution >= 0.6 is 0 Å². The van der Waals surface area contributed by atoms with Crippen LogP contribution in [0.1, 0.15) is 17.7 Å². The van der Waals surface area contributed by atoms with Crippen molar-refractivity contribution in [2.45, 2.75) is 6.42 Å². The Morgan fingerprint density at radius 3 is 2.87 bits per heavy atom. The van der Waals surface area contributed by atoms with Crippen molar-refractivity contribution in [3.63, 3.8) is 0 Å². The predicted molar refractivity (Wildman–Crippen MR) is 111 cm³/mol. The molecule has 0 unspecified atom stereocenters. The smallest absolute Gasteiger partial charge is 0.317 e. The number of carbonyl (C=O) groups excluding carboxylic acids is 1. The van der Waals surface area contributed by atoms with Gasteiger partial charge in [-0.1, -0.05) is 6.08 Å². The molecule has 0 atom stereocenters. The number of aromatic amines is 1. The summed E-state index contributed by atoms with van der Waals surface area (Å²) in [5.74, 6) is 0.114. The zero-order valence-electron chi connectivity index (χ0n) is 16.6. The van der Waals surface area contributed by atoms with Crippen molar-refractivity contribution in [2.24, 2.45) is 0 Å². The molecule has 0 saturated heterocycles. The van der Waals surface area contributed by atoms with Gasteiger partial charge in [-0.15, -0.1) is 0 Å². The number of urea groups is 1. The van der Waals surface area contributed by atoms with Crippen molar-refractivity contribution in [3.8, 4) is 22.9 Å². The number of ether oxygens (including phenoxy) is 1. The standard InChI is InChI=1S/C22H20FN5O2/c1-25-22(29)28-9-6-13(7-10-28)20-17(12-24)19-15(5-8-26-21(19)27-20)16-11-14(23)3-4-18(16)30-2/h3-6,8,11H,7,9-10H2,1-2H3,(H,25,29)(H,26,27). The number of methoxy groups -OCH3 is 1. The summed E-state index contributed by atoms with van der Waals surface area (Å²) >= 11 is 0. The predicted octanol–water partition coefficient (Wildman–Crippen LogP) is 3.68. The van der Waals surface area contributed by atoms with Crippen LogP contribution < -0.4 is 10.1 Å². The molecule has 8 heteroatoms. The Bertz CT molecular complexity index is 1210. The number of fused-ring (bicyclic) bond motifs is 1. The molecular formula is C22H20FN5O2. The highest BCUT2D eigenvalue weighted by atomic mass is 19.1. The van der Waals surface area contributed by atoms with Crippen molar-refractivity contribution >= 4 is 22.6 Å².